The number of methoxy groups -OCH3 is 1. The lowest BCUT2D eigenvalue weighted by Crippen LogP contribution is -2.34. The van der Waals surface area contributed by atoms with E-state index < -0.39 is 0 Å². The van der Waals surface area contributed by atoms with Gasteiger partial charge in [-0.25, -0.2) is 0 Å². The Balaban J connectivity index is 1.68. The number of nitrogens with one attached hydrogen (secondary N) is 2. The van der Waals surface area contributed by atoms with Gasteiger partial charge in [0.15, 0.2) is 0 Å². The molecule has 0 aliphatic heterocycles. The first-order chi connectivity index (χ1) is 13.9. The molecular weight excluding hydrogens is 364 g/mol. The number of amides is 1. The first kappa shape index (κ1) is 20.6. The third-order valence-electron chi connectivity index (χ3n) is 5.20. The molecule has 0 saturated heterocycles. The molecule has 2 aromatic carbocycles. The van der Waals surface area contributed by atoms with Gasteiger partial charge in [-0.05, 0) is 60.0 Å². The van der Waals surface area contributed by atoms with E-state index in [2.05, 4.69) is 10.3 Å². The van der Waals surface area contributed by atoms with Crippen LogP contribution in [0.25, 0.3) is 10.9 Å². The highest BCUT2D eigenvalue weighted by Gasteiger charge is 2.24. The van der Waals surface area contributed by atoms with E-state index in [0.717, 1.165) is 27.8 Å². The summed E-state index contributed by atoms with van der Waals surface area (Å²) in [5.41, 5.74) is 3.46. The maximum absolute atomic E-state index is 12.8. The van der Waals surface area contributed by atoms with Crippen molar-refractivity contribution in [2.45, 2.75) is 33.1 Å². The van der Waals surface area contributed by atoms with Gasteiger partial charge in [-0.1, -0.05) is 38.1 Å². The van der Waals surface area contributed by atoms with E-state index in [-0.39, 0.29) is 23.3 Å². The second kappa shape index (κ2) is 8.95. The molecule has 0 spiro atoms. The van der Waals surface area contributed by atoms with Crippen LogP contribution < -0.4 is 15.6 Å². The van der Waals surface area contributed by atoms with Gasteiger partial charge in [-0.15, -0.1) is 0 Å². The zero-order valence-electron chi connectivity index (χ0n) is 17.4. The molecule has 1 atom stereocenters. The van der Waals surface area contributed by atoms with E-state index in [1.807, 2.05) is 69.3 Å². The predicted octanol–water partition coefficient (Wildman–Crippen LogP) is 3.94. The normalized spacial score (nSPS) is 12.2. The van der Waals surface area contributed by atoms with Crippen LogP contribution in [0.3, 0.4) is 0 Å². The molecule has 3 rings (SSSR count). The minimum absolute atomic E-state index is 0.0296. The predicted molar refractivity (Wildman–Crippen MR) is 117 cm³/mol. The number of carbonyl (C=O) groups excluding carboxylic acids is 1. The number of rotatable bonds is 7. The van der Waals surface area contributed by atoms with Crippen molar-refractivity contribution in [3.63, 3.8) is 0 Å². The molecule has 5 heteroatoms. The Hall–Kier alpha value is -3.08. The van der Waals surface area contributed by atoms with E-state index in [0.29, 0.717) is 18.5 Å². The van der Waals surface area contributed by atoms with E-state index in [4.69, 9.17) is 4.74 Å². The van der Waals surface area contributed by atoms with Crippen molar-refractivity contribution in [2.24, 2.45) is 5.92 Å². The average Bonchev–Trinajstić information content (AvgIpc) is 2.69. The number of benzene rings is 2. The number of hydrogen-bond acceptors (Lipinski definition) is 3. The number of ether oxygens (including phenoxy) is 1. The minimum Gasteiger partial charge on any atom is -0.497 e. The lowest BCUT2D eigenvalue weighted by Gasteiger charge is -2.21. The summed E-state index contributed by atoms with van der Waals surface area (Å²) in [6, 6.07) is 15.5. The molecule has 1 amide bonds. The smallest absolute Gasteiger partial charge is 0.251 e. The van der Waals surface area contributed by atoms with Crippen molar-refractivity contribution in [1.82, 2.24) is 10.3 Å². The highest BCUT2D eigenvalue weighted by Crippen LogP contribution is 2.26. The Morgan fingerprint density at radius 1 is 1.10 bits per heavy atom. The van der Waals surface area contributed by atoms with Crippen molar-refractivity contribution < 1.29 is 9.53 Å². The van der Waals surface area contributed by atoms with Crippen LogP contribution in [0, 0.1) is 12.8 Å². The second-order valence-electron chi connectivity index (χ2n) is 7.75. The van der Waals surface area contributed by atoms with Crippen LogP contribution in [0.15, 0.2) is 53.3 Å². The van der Waals surface area contributed by atoms with Crippen molar-refractivity contribution >= 4 is 16.8 Å². The Labute approximate surface area is 171 Å². The molecular formula is C24H28N2O3. The molecule has 0 aliphatic carbocycles. The summed E-state index contributed by atoms with van der Waals surface area (Å²) in [6.07, 6.45) is 0.484. The standard InChI is InChI=1S/C24H28N2O3/c1-15(2)22(17-7-9-20(29-4)10-8-17)24(28)25-12-11-19-14-18-6-5-16(3)13-21(18)26-23(19)27/h5-10,13-15,22H,11-12H2,1-4H3,(H,25,28)(H,26,27). The molecule has 5 nitrogen and oxygen atoms in total. The third kappa shape index (κ3) is 4.86. The summed E-state index contributed by atoms with van der Waals surface area (Å²) < 4.78 is 5.20. The van der Waals surface area contributed by atoms with Gasteiger partial charge >= 0.3 is 0 Å². The van der Waals surface area contributed by atoms with Crippen LogP contribution in [0.2, 0.25) is 0 Å². The Morgan fingerprint density at radius 3 is 2.48 bits per heavy atom. The van der Waals surface area contributed by atoms with Gasteiger partial charge in [-0.2, -0.15) is 0 Å². The average molecular weight is 392 g/mol. The zero-order chi connectivity index (χ0) is 21.0. The summed E-state index contributed by atoms with van der Waals surface area (Å²) in [6.45, 7) is 6.48. The fourth-order valence-corrected chi connectivity index (χ4v) is 3.63. The van der Waals surface area contributed by atoms with E-state index in [9.17, 15) is 9.59 Å². The van der Waals surface area contributed by atoms with Crippen LogP contribution in [0.5, 0.6) is 5.75 Å². The SMILES string of the molecule is COc1ccc(C(C(=O)NCCc2cc3ccc(C)cc3[nH]c2=O)C(C)C)cc1. The summed E-state index contributed by atoms with van der Waals surface area (Å²) in [5, 5.41) is 4.00. The van der Waals surface area contributed by atoms with E-state index in [1.54, 1.807) is 7.11 Å². The van der Waals surface area contributed by atoms with Crippen LogP contribution in [-0.4, -0.2) is 24.5 Å². The molecule has 0 bridgehead atoms. The van der Waals surface area contributed by atoms with Crippen molar-refractivity contribution in [2.75, 3.05) is 13.7 Å². The molecule has 29 heavy (non-hydrogen) atoms. The topological polar surface area (TPSA) is 71.2 Å². The maximum Gasteiger partial charge on any atom is 0.251 e. The van der Waals surface area contributed by atoms with E-state index in [1.165, 1.54) is 0 Å². The van der Waals surface area contributed by atoms with Gasteiger partial charge in [0.05, 0.1) is 13.0 Å². The first-order valence-corrected chi connectivity index (χ1v) is 9.93. The van der Waals surface area contributed by atoms with Gasteiger partial charge in [0, 0.05) is 17.6 Å². The monoisotopic (exact) mass is 392 g/mol. The fourth-order valence-electron chi connectivity index (χ4n) is 3.63. The van der Waals surface area contributed by atoms with Crippen molar-refractivity contribution in [3.05, 3.63) is 75.6 Å². The molecule has 1 unspecified atom stereocenters. The maximum atomic E-state index is 12.8. The number of aromatic amines is 1. The summed E-state index contributed by atoms with van der Waals surface area (Å²) in [4.78, 5) is 28.1. The van der Waals surface area contributed by atoms with Gasteiger partial charge in [0.1, 0.15) is 5.75 Å². The van der Waals surface area contributed by atoms with Crippen LogP contribution in [-0.2, 0) is 11.2 Å². The van der Waals surface area contributed by atoms with Crippen molar-refractivity contribution in [1.29, 1.82) is 0 Å². The van der Waals surface area contributed by atoms with E-state index >= 15 is 0 Å². The number of pyridine rings is 1. The van der Waals surface area contributed by atoms with Gasteiger partial charge in [-0.3, -0.25) is 9.59 Å². The lowest BCUT2D eigenvalue weighted by atomic mass is 9.87. The highest BCUT2D eigenvalue weighted by atomic mass is 16.5. The number of fused-ring (bicyclic) bond motifs is 1. The highest BCUT2D eigenvalue weighted by molar-refractivity contribution is 5.84. The zero-order valence-corrected chi connectivity index (χ0v) is 17.4. The van der Waals surface area contributed by atoms with Crippen molar-refractivity contribution in [3.8, 4) is 5.75 Å². The molecule has 3 aromatic rings. The first-order valence-electron chi connectivity index (χ1n) is 9.93. The number of H-pyrrole nitrogens is 1. The Morgan fingerprint density at radius 2 is 1.83 bits per heavy atom. The lowest BCUT2D eigenvalue weighted by molar-refractivity contribution is -0.123. The largest absolute Gasteiger partial charge is 0.497 e. The fraction of sp³-hybridized carbons (Fsp3) is 0.333. The molecule has 1 aromatic heterocycles. The Bertz CT molecular complexity index is 1050. The number of aryl methyl sites for hydroxylation is 1. The molecule has 0 fully saturated rings. The molecule has 152 valence electrons. The van der Waals surface area contributed by atoms with Gasteiger partial charge < -0.3 is 15.0 Å². The van der Waals surface area contributed by atoms with Gasteiger partial charge in [0.2, 0.25) is 5.91 Å². The number of hydrogen-bond donors (Lipinski definition) is 2. The quantitative estimate of drug-likeness (QED) is 0.640. The van der Waals surface area contributed by atoms with Gasteiger partial charge in [0.25, 0.3) is 5.56 Å². The molecule has 2 N–H and O–H groups in total. The van der Waals surface area contributed by atoms with Crippen LogP contribution >= 0.6 is 0 Å². The minimum atomic E-state index is -0.251. The number of carbonyl (C=O) groups is 1. The Kier molecular flexibility index (Phi) is 6.37. The summed E-state index contributed by atoms with van der Waals surface area (Å²) in [5.74, 6) is 0.634. The third-order valence-corrected chi connectivity index (χ3v) is 5.20. The summed E-state index contributed by atoms with van der Waals surface area (Å²) in [7, 11) is 1.62. The summed E-state index contributed by atoms with van der Waals surface area (Å²) >= 11 is 0. The number of aromatic nitrogens is 1. The second-order valence-corrected chi connectivity index (χ2v) is 7.75. The molecule has 0 saturated carbocycles. The van der Waals surface area contributed by atoms with Crippen LogP contribution in [0.4, 0.5) is 0 Å². The molecule has 0 aliphatic rings. The van der Waals surface area contributed by atoms with Crippen LogP contribution in [0.1, 0.15) is 36.5 Å². The molecule has 0 radical (unpaired) electrons. The molecule has 1 heterocycles.